The van der Waals surface area contributed by atoms with Crippen molar-refractivity contribution in [1.29, 1.82) is 0 Å². The molecular formula is C19H33F2IN4O3. The third-order valence-electron chi connectivity index (χ3n) is 3.92. The second kappa shape index (κ2) is 16.4. The van der Waals surface area contributed by atoms with Gasteiger partial charge in [0.05, 0.1) is 20.3 Å². The van der Waals surface area contributed by atoms with Gasteiger partial charge < -0.3 is 29.7 Å². The molecule has 1 aromatic rings. The summed E-state index contributed by atoms with van der Waals surface area (Å²) in [6.45, 7) is 3.20. The summed E-state index contributed by atoms with van der Waals surface area (Å²) in [6, 6.07) is 4.69. The highest BCUT2D eigenvalue weighted by molar-refractivity contribution is 14.0. The predicted octanol–water partition coefficient (Wildman–Crippen LogP) is 2.94. The molecular weight excluding hydrogens is 497 g/mol. The number of alkyl halides is 2. The van der Waals surface area contributed by atoms with Crippen molar-refractivity contribution in [3.8, 4) is 11.5 Å². The van der Waals surface area contributed by atoms with Gasteiger partial charge >= 0.3 is 6.61 Å². The van der Waals surface area contributed by atoms with Gasteiger partial charge in [-0.05, 0) is 45.1 Å². The lowest BCUT2D eigenvalue weighted by atomic mass is 10.2. The first-order valence-electron chi connectivity index (χ1n) is 9.31. The van der Waals surface area contributed by atoms with Gasteiger partial charge in [-0.3, -0.25) is 0 Å². The van der Waals surface area contributed by atoms with Gasteiger partial charge in [0.1, 0.15) is 11.5 Å². The number of methoxy groups -OCH3 is 2. The van der Waals surface area contributed by atoms with Crippen LogP contribution in [0.4, 0.5) is 8.78 Å². The molecule has 1 rings (SSSR count). The molecule has 29 heavy (non-hydrogen) atoms. The number of rotatable bonds is 13. The summed E-state index contributed by atoms with van der Waals surface area (Å²) in [5.41, 5.74) is 0.524. The average molecular weight is 530 g/mol. The number of likely N-dealkylation sites (N-methyl/N-ethyl adjacent to an activating group) is 1. The van der Waals surface area contributed by atoms with Gasteiger partial charge in [0.15, 0.2) is 5.96 Å². The van der Waals surface area contributed by atoms with Crippen molar-refractivity contribution in [3.63, 3.8) is 0 Å². The third-order valence-corrected chi connectivity index (χ3v) is 3.92. The number of ether oxygens (including phenoxy) is 3. The van der Waals surface area contributed by atoms with Crippen LogP contribution >= 0.6 is 24.0 Å². The third kappa shape index (κ3) is 12.0. The van der Waals surface area contributed by atoms with Gasteiger partial charge in [0, 0.05) is 32.3 Å². The van der Waals surface area contributed by atoms with E-state index < -0.39 is 6.61 Å². The maximum atomic E-state index is 12.6. The first kappa shape index (κ1) is 27.6. The minimum absolute atomic E-state index is 0. The summed E-state index contributed by atoms with van der Waals surface area (Å²) in [6.07, 6.45) is 0.934. The molecule has 10 heteroatoms. The molecule has 2 N–H and O–H groups in total. The number of aliphatic imine (C=N–C) groups is 1. The monoisotopic (exact) mass is 530 g/mol. The molecule has 168 valence electrons. The Labute approximate surface area is 189 Å². The predicted molar refractivity (Wildman–Crippen MR) is 122 cm³/mol. The van der Waals surface area contributed by atoms with E-state index in [0.29, 0.717) is 30.4 Å². The van der Waals surface area contributed by atoms with Crippen LogP contribution in [0.1, 0.15) is 18.9 Å². The number of hydrogen-bond donors (Lipinski definition) is 2. The van der Waals surface area contributed by atoms with Crippen LogP contribution < -0.4 is 20.1 Å². The van der Waals surface area contributed by atoms with E-state index in [0.717, 1.165) is 26.1 Å². The molecule has 1 aromatic carbocycles. The van der Waals surface area contributed by atoms with Crippen molar-refractivity contribution in [3.05, 3.63) is 23.8 Å². The van der Waals surface area contributed by atoms with E-state index in [1.165, 1.54) is 13.2 Å². The van der Waals surface area contributed by atoms with Crippen LogP contribution in [-0.2, 0) is 11.3 Å². The molecule has 0 aromatic heterocycles. The number of nitrogens with one attached hydrogen (secondary N) is 2. The fourth-order valence-electron chi connectivity index (χ4n) is 2.44. The zero-order chi connectivity index (χ0) is 20.8. The minimum Gasteiger partial charge on any atom is -0.497 e. The van der Waals surface area contributed by atoms with Crippen molar-refractivity contribution in [1.82, 2.24) is 15.5 Å². The molecule has 7 nitrogen and oxygen atoms in total. The maximum absolute atomic E-state index is 12.6. The van der Waals surface area contributed by atoms with Crippen LogP contribution in [-0.4, -0.2) is 71.5 Å². The summed E-state index contributed by atoms with van der Waals surface area (Å²) >= 11 is 0. The fourth-order valence-corrected chi connectivity index (χ4v) is 2.44. The van der Waals surface area contributed by atoms with E-state index in [1.807, 2.05) is 14.0 Å². The topological polar surface area (TPSA) is 67.4 Å². The first-order chi connectivity index (χ1) is 13.5. The zero-order valence-electron chi connectivity index (χ0n) is 17.5. The lowest BCUT2D eigenvalue weighted by Crippen LogP contribution is -2.38. The molecule has 0 aliphatic carbocycles. The highest BCUT2D eigenvalue weighted by Crippen LogP contribution is 2.26. The quantitative estimate of drug-likeness (QED) is 0.177. The second-order valence-corrected chi connectivity index (χ2v) is 6.12. The number of nitrogens with zero attached hydrogens (tertiary/aromatic N) is 2. The van der Waals surface area contributed by atoms with Gasteiger partial charge in [-0.2, -0.15) is 8.78 Å². The fraction of sp³-hybridized carbons (Fsp3) is 0.632. The van der Waals surface area contributed by atoms with Crippen molar-refractivity contribution >= 4 is 29.9 Å². The smallest absolute Gasteiger partial charge is 0.387 e. The van der Waals surface area contributed by atoms with Gasteiger partial charge in [0.2, 0.25) is 0 Å². The van der Waals surface area contributed by atoms with E-state index in [-0.39, 0.29) is 36.3 Å². The van der Waals surface area contributed by atoms with Crippen molar-refractivity contribution in [2.24, 2.45) is 4.99 Å². The lowest BCUT2D eigenvalue weighted by molar-refractivity contribution is -0.0504. The average Bonchev–Trinajstić information content (AvgIpc) is 2.68. The molecule has 0 fully saturated rings. The minimum atomic E-state index is -2.89. The number of guanidine groups is 1. The van der Waals surface area contributed by atoms with Gasteiger partial charge in [-0.1, -0.05) is 0 Å². The molecule has 0 aliphatic heterocycles. The normalized spacial score (nSPS) is 11.4. The molecule has 0 atom stereocenters. The van der Waals surface area contributed by atoms with Crippen LogP contribution in [0.5, 0.6) is 11.5 Å². The highest BCUT2D eigenvalue weighted by atomic mass is 127. The van der Waals surface area contributed by atoms with E-state index in [1.54, 1.807) is 19.2 Å². The lowest BCUT2D eigenvalue weighted by Gasteiger charge is -2.17. The molecule has 0 heterocycles. The van der Waals surface area contributed by atoms with Gasteiger partial charge in [-0.15, -0.1) is 24.0 Å². The van der Waals surface area contributed by atoms with Crippen molar-refractivity contribution in [2.75, 3.05) is 54.1 Å². The Balaban J connectivity index is 0.00000784. The van der Waals surface area contributed by atoms with Gasteiger partial charge in [0.25, 0.3) is 0 Å². The molecule has 0 bridgehead atoms. The van der Waals surface area contributed by atoms with Crippen molar-refractivity contribution < 1.29 is 23.0 Å². The summed E-state index contributed by atoms with van der Waals surface area (Å²) in [5, 5.41) is 6.40. The summed E-state index contributed by atoms with van der Waals surface area (Å²) < 4.78 is 40.1. The second-order valence-electron chi connectivity index (χ2n) is 6.12. The molecule has 0 saturated heterocycles. The molecule has 0 unspecified atom stereocenters. The Morgan fingerprint density at radius 2 is 1.97 bits per heavy atom. The standard InChI is InChI=1S/C19H32F2N4O3.HI/c1-5-22-19(23-9-6-10-25(2)11-12-26-3)24-14-15-13-16(27-4)7-8-17(15)28-18(20)21;/h7-8,13,18H,5-6,9-12,14H2,1-4H3,(H2,22,23,24);1H. The van der Waals surface area contributed by atoms with Gasteiger partial charge in [-0.25, -0.2) is 4.99 Å². The Hall–Kier alpha value is -1.40. The Bertz CT molecular complexity index is 595. The summed E-state index contributed by atoms with van der Waals surface area (Å²) in [7, 11) is 5.26. The molecule has 0 aliphatic rings. The number of hydrogen-bond acceptors (Lipinski definition) is 5. The Kier molecular flexibility index (Phi) is 15.6. The van der Waals surface area contributed by atoms with Crippen LogP contribution in [0.25, 0.3) is 0 Å². The van der Waals surface area contributed by atoms with E-state index in [9.17, 15) is 8.78 Å². The largest absolute Gasteiger partial charge is 0.497 e. The van der Waals surface area contributed by atoms with E-state index in [2.05, 4.69) is 25.3 Å². The molecule has 0 radical (unpaired) electrons. The number of halogens is 3. The molecule has 0 amide bonds. The van der Waals surface area contributed by atoms with E-state index in [4.69, 9.17) is 9.47 Å². The SMILES string of the molecule is CCNC(=NCc1cc(OC)ccc1OC(F)F)NCCCN(C)CCOC.I. The Morgan fingerprint density at radius 3 is 2.59 bits per heavy atom. The van der Waals surface area contributed by atoms with Crippen molar-refractivity contribution in [2.45, 2.75) is 26.5 Å². The Morgan fingerprint density at radius 1 is 1.21 bits per heavy atom. The maximum Gasteiger partial charge on any atom is 0.387 e. The van der Waals surface area contributed by atoms with Crippen LogP contribution in [0.15, 0.2) is 23.2 Å². The molecule has 0 spiro atoms. The molecule has 0 saturated carbocycles. The van der Waals surface area contributed by atoms with Crippen LogP contribution in [0, 0.1) is 0 Å². The van der Waals surface area contributed by atoms with Crippen LogP contribution in [0.3, 0.4) is 0 Å². The highest BCUT2D eigenvalue weighted by Gasteiger charge is 2.11. The number of benzene rings is 1. The zero-order valence-corrected chi connectivity index (χ0v) is 19.9. The van der Waals surface area contributed by atoms with E-state index >= 15 is 0 Å². The summed E-state index contributed by atoms with van der Waals surface area (Å²) in [5.74, 6) is 1.27. The summed E-state index contributed by atoms with van der Waals surface area (Å²) in [4.78, 5) is 6.67. The first-order valence-corrected chi connectivity index (χ1v) is 9.31. The van der Waals surface area contributed by atoms with Crippen LogP contribution in [0.2, 0.25) is 0 Å².